The molecule has 7 heteroatoms. The minimum absolute atomic E-state index is 0.0380. The molecule has 5 aliphatic rings. The van der Waals surface area contributed by atoms with Crippen molar-refractivity contribution < 1.29 is 19.7 Å². The number of benzene rings is 1. The summed E-state index contributed by atoms with van der Waals surface area (Å²) in [7, 11) is 0. The van der Waals surface area contributed by atoms with Gasteiger partial charge in [0.05, 0.1) is 23.5 Å². The van der Waals surface area contributed by atoms with Crippen LogP contribution in [-0.2, 0) is 23.1 Å². The molecule has 1 aromatic carbocycles. The molecule has 33 heavy (non-hydrogen) atoms. The van der Waals surface area contributed by atoms with Crippen molar-refractivity contribution in [1.82, 2.24) is 15.2 Å². The number of carbonyl (C=O) groups is 1. The van der Waals surface area contributed by atoms with Crippen LogP contribution in [-0.4, -0.2) is 62.9 Å². The van der Waals surface area contributed by atoms with Crippen LogP contribution in [0.25, 0.3) is 0 Å². The van der Waals surface area contributed by atoms with Gasteiger partial charge in [0, 0.05) is 30.5 Å². The van der Waals surface area contributed by atoms with Crippen molar-refractivity contribution in [2.24, 2.45) is 5.92 Å². The predicted molar refractivity (Wildman–Crippen MR) is 121 cm³/mol. The molecule has 2 saturated carbocycles. The molecule has 3 fully saturated rings. The fourth-order valence-electron chi connectivity index (χ4n) is 7.54. The number of H-pyrrole nitrogens is 1. The van der Waals surface area contributed by atoms with E-state index in [4.69, 9.17) is 4.74 Å². The number of aromatic amines is 1. The third-order valence-corrected chi connectivity index (χ3v) is 9.14. The fraction of sp³-hybridized carbons (Fsp3) is 0.577. The van der Waals surface area contributed by atoms with Crippen LogP contribution in [0.4, 0.5) is 0 Å². The summed E-state index contributed by atoms with van der Waals surface area (Å²) in [5.41, 5.74) is 1.61. The molecule has 2 bridgehead atoms. The lowest BCUT2D eigenvalue weighted by Gasteiger charge is -2.64. The lowest BCUT2D eigenvalue weighted by molar-refractivity contribution is -0.192. The van der Waals surface area contributed by atoms with Crippen LogP contribution >= 0.6 is 0 Å². The number of nitrogens with zero attached hydrogens (tertiary/aromatic N) is 1. The Labute approximate surface area is 193 Å². The van der Waals surface area contributed by atoms with Crippen molar-refractivity contribution in [2.75, 3.05) is 13.1 Å². The van der Waals surface area contributed by atoms with Crippen molar-refractivity contribution in [3.63, 3.8) is 0 Å². The van der Waals surface area contributed by atoms with E-state index in [2.05, 4.69) is 15.2 Å². The Hall–Kier alpha value is -2.51. The zero-order chi connectivity index (χ0) is 22.4. The van der Waals surface area contributed by atoms with E-state index in [0.717, 1.165) is 43.0 Å². The van der Waals surface area contributed by atoms with Gasteiger partial charge in [0.2, 0.25) is 5.91 Å². The number of aliphatic hydroxyl groups is 1. The molecule has 1 saturated heterocycles. The molecule has 1 amide bonds. The third kappa shape index (κ3) is 2.66. The van der Waals surface area contributed by atoms with Gasteiger partial charge < -0.3 is 25.3 Å². The van der Waals surface area contributed by atoms with Gasteiger partial charge in [-0.1, -0.05) is 6.07 Å². The van der Waals surface area contributed by atoms with Crippen molar-refractivity contribution in [3.8, 4) is 11.5 Å². The molecule has 2 aliphatic heterocycles. The van der Waals surface area contributed by atoms with Crippen LogP contribution in [0.2, 0.25) is 0 Å². The van der Waals surface area contributed by atoms with E-state index in [1.54, 1.807) is 6.07 Å². The zero-order valence-electron chi connectivity index (χ0n) is 18.7. The summed E-state index contributed by atoms with van der Waals surface area (Å²) in [5, 5.41) is 26.4. The summed E-state index contributed by atoms with van der Waals surface area (Å²) in [6, 6.07) is 5.50. The highest BCUT2D eigenvalue weighted by molar-refractivity contribution is 5.79. The Morgan fingerprint density at radius 2 is 2.12 bits per heavy atom. The molecule has 7 rings (SSSR count). The molecule has 2 aromatic rings. The number of rotatable bonds is 5. The van der Waals surface area contributed by atoms with Crippen LogP contribution in [0.15, 0.2) is 30.6 Å². The average molecular weight is 450 g/mol. The van der Waals surface area contributed by atoms with Crippen LogP contribution in [0, 0.1) is 5.92 Å². The number of phenolic OH excluding ortho intramolecular Hbond substituents is 1. The number of likely N-dealkylation sites (tertiary alicyclic amines) is 1. The first kappa shape index (κ1) is 19.9. The second-order valence-corrected chi connectivity index (χ2v) is 10.9. The second kappa shape index (κ2) is 6.76. The van der Waals surface area contributed by atoms with Gasteiger partial charge in [0.1, 0.15) is 6.10 Å². The van der Waals surface area contributed by atoms with Crippen molar-refractivity contribution in [3.05, 3.63) is 47.3 Å². The maximum Gasteiger partial charge on any atom is 0.224 e. The van der Waals surface area contributed by atoms with Gasteiger partial charge in [-0.15, -0.1) is 0 Å². The monoisotopic (exact) mass is 449 g/mol. The number of amides is 1. The Morgan fingerprint density at radius 3 is 2.91 bits per heavy atom. The highest BCUT2D eigenvalue weighted by Crippen LogP contribution is 2.65. The Kier molecular flexibility index (Phi) is 4.08. The second-order valence-electron chi connectivity index (χ2n) is 10.9. The minimum atomic E-state index is -0.918. The number of hydrogen-bond donors (Lipinski definition) is 4. The number of ether oxygens (including phenoxy) is 1. The minimum Gasteiger partial charge on any atom is -0.504 e. The molecule has 5 atom stereocenters. The zero-order valence-corrected chi connectivity index (χ0v) is 18.7. The van der Waals surface area contributed by atoms with E-state index < -0.39 is 11.0 Å². The molecule has 0 unspecified atom stereocenters. The van der Waals surface area contributed by atoms with Gasteiger partial charge in [-0.3, -0.25) is 9.69 Å². The van der Waals surface area contributed by atoms with Crippen LogP contribution in [0.1, 0.15) is 48.8 Å². The lowest BCUT2D eigenvalue weighted by Crippen LogP contribution is -2.78. The third-order valence-electron chi connectivity index (χ3n) is 9.14. The van der Waals surface area contributed by atoms with Crippen LogP contribution in [0.5, 0.6) is 11.5 Å². The van der Waals surface area contributed by atoms with Crippen LogP contribution in [0.3, 0.4) is 0 Å². The standard InChI is InChI=1S/C26H31N3O4/c30-19-4-3-17-12-20-26(32)7-5-18(28-21(31)11-16-6-9-27-13-16)24-25(26,22(17)23(19)33-24)8-10-29(20)14-15-1-2-15/h3-4,6,9,13,15,18,20,24,27,30,32H,1-2,5,7-8,10-12,14H2,(H,28,31)/t18-,20+,24-,25-,26+/m0/s1. The van der Waals surface area contributed by atoms with E-state index in [1.165, 1.54) is 18.4 Å². The van der Waals surface area contributed by atoms with E-state index in [9.17, 15) is 15.0 Å². The lowest BCUT2D eigenvalue weighted by atomic mass is 9.48. The predicted octanol–water partition coefficient (Wildman–Crippen LogP) is 2.01. The van der Waals surface area contributed by atoms with E-state index in [-0.39, 0.29) is 29.8 Å². The summed E-state index contributed by atoms with van der Waals surface area (Å²) in [4.78, 5) is 18.4. The van der Waals surface area contributed by atoms with Gasteiger partial charge in [-0.05, 0) is 74.2 Å². The summed E-state index contributed by atoms with van der Waals surface area (Å²) >= 11 is 0. The van der Waals surface area contributed by atoms with Gasteiger partial charge in [-0.25, -0.2) is 0 Å². The molecule has 0 radical (unpaired) electrons. The Morgan fingerprint density at radius 1 is 1.24 bits per heavy atom. The first-order chi connectivity index (χ1) is 16.0. The normalized spacial score (nSPS) is 36.2. The van der Waals surface area contributed by atoms with Gasteiger partial charge in [-0.2, -0.15) is 0 Å². The first-order valence-electron chi connectivity index (χ1n) is 12.4. The van der Waals surface area contributed by atoms with E-state index >= 15 is 0 Å². The van der Waals surface area contributed by atoms with E-state index in [0.29, 0.717) is 25.0 Å². The maximum atomic E-state index is 12.9. The summed E-state index contributed by atoms with van der Waals surface area (Å²) in [6.45, 7) is 1.98. The summed E-state index contributed by atoms with van der Waals surface area (Å²) in [6.07, 6.45) is 9.04. The molecule has 3 aliphatic carbocycles. The number of piperidine rings is 1. The van der Waals surface area contributed by atoms with Crippen molar-refractivity contribution in [2.45, 2.75) is 74.1 Å². The summed E-state index contributed by atoms with van der Waals surface area (Å²) < 4.78 is 6.50. The quantitative estimate of drug-likeness (QED) is 0.560. The number of hydrogen-bond acceptors (Lipinski definition) is 5. The SMILES string of the molecule is O=C(Cc1cc[nH]c1)N[C@H]1CC[C@@]2(O)[C@H]3Cc4ccc(O)c5c4[C@@]2(CCN3CC2CC2)[C@H]1O5. The molecular formula is C26H31N3O4. The maximum absolute atomic E-state index is 12.9. The molecule has 1 aromatic heterocycles. The van der Waals surface area contributed by atoms with E-state index in [1.807, 2.05) is 24.5 Å². The molecule has 4 N–H and O–H groups in total. The summed E-state index contributed by atoms with van der Waals surface area (Å²) in [5.74, 6) is 1.39. The van der Waals surface area contributed by atoms with Gasteiger partial charge in [0.15, 0.2) is 11.5 Å². The number of aromatic nitrogens is 1. The Bertz CT molecular complexity index is 1110. The average Bonchev–Trinajstić information content (AvgIpc) is 3.31. The van der Waals surface area contributed by atoms with Crippen molar-refractivity contribution >= 4 is 5.91 Å². The number of carbonyl (C=O) groups excluding carboxylic acids is 1. The van der Waals surface area contributed by atoms with Crippen molar-refractivity contribution in [1.29, 1.82) is 0 Å². The molecule has 3 heterocycles. The number of phenols is 1. The molecular weight excluding hydrogens is 418 g/mol. The number of aromatic hydroxyl groups is 1. The van der Waals surface area contributed by atoms with Gasteiger partial charge in [0.25, 0.3) is 0 Å². The molecule has 1 spiro atoms. The molecule has 174 valence electrons. The topological polar surface area (TPSA) is 97.8 Å². The Balaban J connectivity index is 1.27. The number of nitrogens with one attached hydrogen (secondary N) is 2. The fourth-order valence-corrected chi connectivity index (χ4v) is 7.54. The largest absolute Gasteiger partial charge is 0.504 e. The first-order valence-corrected chi connectivity index (χ1v) is 12.4. The van der Waals surface area contributed by atoms with Gasteiger partial charge >= 0.3 is 0 Å². The molecule has 7 nitrogen and oxygen atoms in total. The highest BCUT2D eigenvalue weighted by atomic mass is 16.5. The smallest absolute Gasteiger partial charge is 0.224 e. The van der Waals surface area contributed by atoms with Crippen LogP contribution < -0.4 is 10.1 Å². The highest BCUT2D eigenvalue weighted by Gasteiger charge is 2.73.